The van der Waals surface area contributed by atoms with Gasteiger partial charge in [0.25, 0.3) is 5.91 Å². The maximum Gasteiger partial charge on any atom is 0.345 e. The molecule has 2 N–H and O–H groups in total. The number of aromatic nitrogens is 1. The summed E-state index contributed by atoms with van der Waals surface area (Å²) >= 11 is 1.01. The van der Waals surface area contributed by atoms with Crippen LogP contribution < -0.4 is 5.32 Å². The summed E-state index contributed by atoms with van der Waals surface area (Å²) in [5, 5.41) is 11.8. The first kappa shape index (κ1) is 11.3. The zero-order chi connectivity index (χ0) is 12.3. The number of carbonyl (C=O) groups is 2. The van der Waals surface area contributed by atoms with E-state index < -0.39 is 5.97 Å². The quantitative estimate of drug-likeness (QED) is 0.871. The monoisotopic (exact) mass is 248 g/mol. The number of carboxylic acid groups (broad SMARTS) is 1. The number of pyridine rings is 1. The minimum atomic E-state index is -1.00. The van der Waals surface area contributed by atoms with Gasteiger partial charge in [-0.25, -0.2) is 4.79 Å². The van der Waals surface area contributed by atoms with Crippen LogP contribution in [0.5, 0.6) is 0 Å². The highest BCUT2D eigenvalue weighted by Gasteiger charge is 2.10. The Labute approximate surface area is 101 Å². The van der Waals surface area contributed by atoms with Crippen LogP contribution in [-0.2, 0) is 0 Å². The number of carbonyl (C=O) groups excluding carboxylic acids is 1. The largest absolute Gasteiger partial charge is 0.477 e. The van der Waals surface area contributed by atoms with Crippen molar-refractivity contribution in [3.8, 4) is 0 Å². The van der Waals surface area contributed by atoms with Crippen LogP contribution in [0.15, 0.2) is 36.7 Å². The van der Waals surface area contributed by atoms with E-state index in [0.717, 1.165) is 11.3 Å². The fourth-order valence-corrected chi connectivity index (χ4v) is 1.94. The second-order valence-corrected chi connectivity index (χ2v) is 4.25. The van der Waals surface area contributed by atoms with E-state index in [1.165, 1.54) is 12.3 Å². The summed E-state index contributed by atoms with van der Waals surface area (Å²) in [6, 6.07) is 6.30. The Bertz CT molecular complexity index is 551. The highest BCUT2D eigenvalue weighted by Crippen LogP contribution is 2.22. The van der Waals surface area contributed by atoms with Gasteiger partial charge in [-0.15, -0.1) is 11.3 Å². The number of hydrogen-bond donors (Lipinski definition) is 2. The smallest absolute Gasteiger partial charge is 0.345 e. The van der Waals surface area contributed by atoms with Crippen molar-refractivity contribution in [3.05, 3.63) is 47.1 Å². The lowest BCUT2D eigenvalue weighted by atomic mass is 10.3. The molecule has 0 unspecified atom stereocenters. The molecule has 2 aromatic heterocycles. The van der Waals surface area contributed by atoms with Crippen LogP contribution in [0, 0.1) is 0 Å². The van der Waals surface area contributed by atoms with Crippen LogP contribution in [0.1, 0.15) is 20.0 Å². The molecule has 2 aromatic rings. The molecule has 2 heterocycles. The van der Waals surface area contributed by atoms with Gasteiger partial charge in [0.2, 0.25) is 0 Å². The number of nitrogens with one attached hydrogen (secondary N) is 1. The predicted octanol–water partition coefficient (Wildman–Crippen LogP) is 2.09. The Morgan fingerprint density at radius 1 is 1.29 bits per heavy atom. The van der Waals surface area contributed by atoms with Gasteiger partial charge in [0.1, 0.15) is 4.88 Å². The van der Waals surface area contributed by atoms with Gasteiger partial charge < -0.3 is 10.4 Å². The molecule has 0 aliphatic heterocycles. The third-order valence-corrected chi connectivity index (χ3v) is 2.97. The average molecular weight is 248 g/mol. The third kappa shape index (κ3) is 2.67. The Morgan fingerprint density at radius 3 is 2.71 bits per heavy atom. The summed E-state index contributed by atoms with van der Waals surface area (Å²) in [5.41, 5.74) is 0.428. The number of thiophene rings is 1. The first-order chi connectivity index (χ1) is 8.16. The Morgan fingerprint density at radius 2 is 2.12 bits per heavy atom. The van der Waals surface area contributed by atoms with Crippen LogP contribution in [-0.4, -0.2) is 22.0 Å². The molecule has 2 rings (SSSR count). The highest BCUT2D eigenvalue weighted by molar-refractivity contribution is 7.18. The predicted molar refractivity (Wildman–Crippen MR) is 63.5 cm³/mol. The lowest BCUT2D eigenvalue weighted by Gasteiger charge is -2.00. The molecule has 0 atom stereocenters. The molecule has 0 spiro atoms. The fourth-order valence-electron chi connectivity index (χ4n) is 1.20. The zero-order valence-electron chi connectivity index (χ0n) is 8.58. The minimum absolute atomic E-state index is 0.187. The van der Waals surface area contributed by atoms with Crippen molar-refractivity contribution >= 4 is 28.2 Å². The van der Waals surface area contributed by atoms with Crippen molar-refractivity contribution in [2.75, 3.05) is 5.32 Å². The van der Waals surface area contributed by atoms with Gasteiger partial charge in [0.05, 0.1) is 10.6 Å². The van der Waals surface area contributed by atoms with Gasteiger partial charge in [0, 0.05) is 12.4 Å². The molecule has 0 fully saturated rings. The molecule has 0 radical (unpaired) electrons. The van der Waals surface area contributed by atoms with Crippen LogP contribution in [0.4, 0.5) is 5.00 Å². The maximum absolute atomic E-state index is 11.7. The van der Waals surface area contributed by atoms with Crippen molar-refractivity contribution in [1.29, 1.82) is 0 Å². The summed E-state index contributed by atoms with van der Waals surface area (Å²) in [6.07, 6.45) is 3.02. The molecule has 0 bridgehead atoms. The lowest BCUT2D eigenvalue weighted by molar-refractivity contribution is 0.0702. The van der Waals surface area contributed by atoms with Gasteiger partial charge in [0.15, 0.2) is 0 Å². The summed E-state index contributed by atoms with van der Waals surface area (Å²) < 4.78 is 0. The van der Waals surface area contributed by atoms with E-state index in [9.17, 15) is 9.59 Å². The fraction of sp³-hybridized carbons (Fsp3) is 0. The molecule has 6 heteroatoms. The number of rotatable bonds is 3. The normalized spacial score (nSPS) is 9.88. The summed E-state index contributed by atoms with van der Waals surface area (Å²) in [4.78, 5) is 26.4. The Balaban J connectivity index is 2.11. The minimum Gasteiger partial charge on any atom is -0.477 e. The Kier molecular flexibility index (Phi) is 3.15. The van der Waals surface area contributed by atoms with Crippen LogP contribution in [0.3, 0.4) is 0 Å². The topological polar surface area (TPSA) is 79.3 Å². The van der Waals surface area contributed by atoms with Crippen LogP contribution >= 0.6 is 11.3 Å². The molecular weight excluding hydrogens is 240 g/mol. The molecule has 0 saturated carbocycles. The van der Waals surface area contributed by atoms with Crippen molar-refractivity contribution in [1.82, 2.24) is 4.98 Å². The first-order valence-corrected chi connectivity index (χ1v) is 5.53. The number of hydrogen-bond acceptors (Lipinski definition) is 4. The van der Waals surface area contributed by atoms with Crippen molar-refractivity contribution in [3.63, 3.8) is 0 Å². The maximum atomic E-state index is 11.7. The summed E-state index contributed by atoms with van der Waals surface area (Å²) in [5.74, 6) is -1.31. The summed E-state index contributed by atoms with van der Waals surface area (Å²) in [7, 11) is 0. The van der Waals surface area contributed by atoms with E-state index in [4.69, 9.17) is 5.11 Å². The van der Waals surface area contributed by atoms with E-state index in [-0.39, 0.29) is 10.8 Å². The number of nitrogens with zero attached hydrogens (tertiary/aromatic N) is 1. The van der Waals surface area contributed by atoms with Crippen molar-refractivity contribution in [2.24, 2.45) is 0 Å². The van der Waals surface area contributed by atoms with E-state index >= 15 is 0 Å². The lowest BCUT2D eigenvalue weighted by Crippen LogP contribution is -2.10. The molecule has 86 valence electrons. The average Bonchev–Trinajstić information content (AvgIpc) is 2.79. The second kappa shape index (κ2) is 4.75. The second-order valence-electron chi connectivity index (χ2n) is 3.16. The van der Waals surface area contributed by atoms with E-state index in [0.29, 0.717) is 10.6 Å². The third-order valence-electron chi connectivity index (χ3n) is 1.98. The molecular formula is C11H8N2O3S. The van der Waals surface area contributed by atoms with Crippen molar-refractivity contribution < 1.29 is 14.7 Å². The van der Waals surface area contributed by atoms with Gasteiger partial charge >= 0.3 is 5.97 Å². The van der Waals surface area contributed by atoms with Crippen LogP contribution in [0.25, 0.3) is 0 Å². The summed E-state index contributed by atoms with van der Waals surface area (Å²) in [6.45, 7) is 0. The van der Waals surface area contributed by atoms with Gasteiger partial charge in [-0.3, -0.25) is 9.78 Å². The van der Waals surface area contributed by atoms with E-state index in [2.05, 4.69) is 10.3 Å². The highest BCUT2D eigenvalue weighted by atomic mass is 32.1. The number of amides is 1. The number of anilines is 1. The molecule has 5 nitrogen and oxygen atoms in total. The molecule has 0 aliphatic rings. The van der Waals surface area contributed by atoms with E-state index in [1.54, 1.807) is 24.4 Å². The molecule has 1 amide bonds. The van der Waals surface area contributed by atoms with Gasteiger partial charge in [-0.2, -0.15) is 0 Å². The van der Waals surface area contributed by atoms with E-state index in [1.807, 2.05) is 0 Å². The number of aromatic carboxylic acids is 1. The molecule has 0 aliphatic carbocycles. The molecule has 0 aromatic carbocycles. The first-order valence-electron chi connectivity index (χ1n) is 4.71. The molecule has 0 saturated heterocycles. The van der Waals surface area contributed by atoms with Crippen LogP contribution in [0.2, 0.25) is 0 Å². The SMILES string of the molecule is O=C(Nc1ccc(C(=O)O)s1)c1cccnc1. The Hall–Kier alpha value is -2.21. The molecule has 17 heavy (non-hydrogen) atoms. The van der Waals surface area contributed by atoms with Gasteiger partial charge in [-0.05, 0) is 24.3 Å². The number of carboxylic acids is 1. The van der Waals surface area contributed by atoms with Gasteiger partial charge in [-0.1, -0.05) is 0 Å². The standard InChI is InChI=1S/C11H8N2O3S/c14-10(7-2-1-5-12-6-7)13-9-4-3-8(17-9)11(15)16/h1-6H,(H,13,14)(H,15,16). The van der Waals surface area contributed by atoms with Crippen molar-refractivity contribution in [2.45, 2.75) is 0 Å². The zero-order valence-corrected chi connectivity index (χ0v) is 9.40.